The second-order valence-electron chi connectivity index (χ2n) is 4.26. The van der Waals surface area contributed by atoms with E-state index in [4.69, 9.17) is 0 Å². The van der Waals surface area contributed by atoms with Crippen molar-refractivity contribution < 1.29 is 9.59 Å². The molecule has 0 heterocycles. The fraction of sp³-hybridized carbons (Fsp3) is 0.333. The summed E-state index contributed by atoms with van der Waals surface area (Å²) in [6, 6.07) is 5.80. The normalized spacial score (nSPS) is 10.1. The van der Waals surface area contributed by atoms with E-state index in [0.717, 1.165) is 5.46 Å². The van der Waals surface area contributed by atoms with Crippen molar-refractivity contribution in [2.45, 2.75) is 19.8 Å². The standard InChI is InChI=1S/C12H17BN2O2/c1-7(2)8-4-5-10(9(13)6-8)15-12(17)11(16)14-3/h4-7H,13H2,1-3H3,(H,14,16)(H,15,17). The van der Waals surface area contributed by atoms with Crippen LogP contribution < -0.4 is 16.1 Å². The van der Waals surface area contributed by atoms with Gasteiger partial charge in [-0.15, -0.1) is 0 Å². The average Bonchev–Trinajstić information content (AvgIpc) is 2.30. The largest absolute Gasteiger partial charge is 0.351 e. The van der Waals surface area contributed by atoms with Gasteiger partial charge in [-0.3, -0.25) is 9.59 Å². The van der Waals surface area contributed by atoms with Gasteiger partial charge in [-0.2, -0.15) is 0 Å². The van der Waals surface area contributed by atoms with E-state index in [1.54, 1.807) is 0 Å². The summed E-state index contributed by atoms with van der Waals surface area (Å²) in [5.41, 5.74) is 2.83. The Hall–Kier alpha value is -1.78. The summed E-state index contributed by atoms with van der Waals surface area (Å²) in [5.74, 6) is -0.845. The molecule has 0 aliphatic heterocycles. The van der Waals surface area contributed by atoms with Crippen molar-refractivity contribution in [3.63, 3.8) is 0 Å². The minimum Gasteiger partial charge on any atom is -0.351 e. The van der Waals surface area contributed by atoms with Crippen molar-refractivity contribution in [1.82, 2.24) is 5.32 Å². The summed E-state index contributed by atoms with van der Waals surface area (Å²) < 4.78 is 0. The predicted octanol–water partition coefficient (Wildman–Crippen LogP) is -0.247. The van der Waals surface area contributed by atoms with Crippen molar-refractivity contribution in [2.24, 2.45) is 0 Å². The zero-order valence-electron chi connectivity index (χ0n) is 10.6. The number of nitrogens with one attached hydrogen (secondary N) is 2. The number of amides is 2. The number of carbonyl (C=O) groups excluding carboxylic acids is 2. The number of anilines is 1. The van der Waals surface area contributed by atoms with Crippen LogP contribution in [0.15, 0.2) is 18.2 Å². The Morgan fingerprint density at radius 3 is 2.35 bits per heavy atom. The molecule has 5 heteroatoms. The second kappa shape index (κ2) is 5.52. The third-order valence-corrected chi connectivity index (χ3v) is 2.60. The number of likely N-dealkylation sites (N-methyl/N-ethyl adjacent to an activating group) is 1. The van der Waals surface area contributed by atoms with Gasteiger partial charge in [0.15, 0.2) is 0 Å². The van der Waals surface area contributed by atoms with Gasteiger partial charge in [0.25, 0.3) is 0 Å². The molecule has 1 aromatic rings. The quantitative estimate of drug-likeness (QED) is 0.545. The summed E-state index contributed by atoms with van der Waals surface area (Å²) >= 11 is 0. The first-order chi connectivity index (χ1) is 7.95. The van der Waals surface area contributed by atoms with Gasteiger partial charge in [-0.05, 0) is 17.5 Å². The molecule has 0 saturated heterocycles. The van der Waals surface area contributed by atoms with Gasteiger partial charge >= 0.3 is 11.8 Å². The molecule has 1 aromatic carbocycles. The Kier molecular flexibility index (Phi) is 4.32. The van der Waals surface area contributed by atoms with Crippen molar-refractivity contribution in [1.29, 1.82) is 0 Å². The van der Waals surface area contributed by atoms with Gasteiger partial charge in [0.2, 0.25) is 0 Å². The second-order valence-corrected chi connectivity index (χ2v) is 4.26. The lowest BCUT2D eigenvalue weighted by Gasteiger charge is -2.11. The van der Waals surface area contributed by atoms with Gasteiger partial charge < -0.3 is 10.6 Å². The monoisotopic (exact) mass is 232 g/mol. The van der Waals surface area contributed by atoms with Crippen molar-refractivity contribution in [2.75, 3.05) is 12.4 Å². The van der Waals surface area contributed by atoms with E-state index in [-0.39, 0.29) is 0 Å². The van der Waals surface area contributed by atoms with E-state index >= 15 is 0 Å². The van der Waals surface area contributed by atoms with Crippen LogP contribution in [-0.2, 0) is 9.59 Å². The van der Waals surface area contributed by atoms with Crippen LogP contribution in [0.3, 0.4) is 0 Å². The van der Waals surface area contributed by atoms with Crippen LogP contribution in [-0.4, -0.2) is 26.7 Å². The van der Waals surface area contributed by atoms with Crippen molar-refractivity contribution in [3.05, 3.63) is 23.8 Å². The van der Waals surface area contributed by atoms with E-state index in [9.17, 15) is 9.59 Å². The fourth-order valence-corrected chi connectivity index (χ4v) is 1.48. The molecular formula is C12H17BN2O2. The van der Waals surface area contributed by atoms with Gasteiger partial charge in [0.05, 0.1) is 0 Å². The molecule has 0 unspecified atom stereocenters. The fourth-order valence-electron chi connectivity index (χ4n) is 1.48. The van der Waals surface area contributed by atoms with Crippen LogP contribution in [0.25, 0.3) is 0 Å². The molecule has 90 valence electrons. The summed E-state index contributed by atoms with van der Waals surface area (Å²) in [5, 5.41) is 4.86. The molecule has 0 spiro atoms. The first kappa shape index (κ1) is 13.3. The number of benzene rings is 1. The van der Waals surface area contributed by atoms with Crippen LogP contribution in [0.1, 0.15) is 25.3 Å². The minimum atomic E-state index is -0.645. The van der Waals surface area contributed by atoms with Crippen LogP contribution in [0.5, 0.6) is 0 Å². The van der Waals surface area contributed by atoms with E-state index in [1.165, 1.54) is 12.6 Å². The van der Waals surface area contributed by atoms with Crippen LogP contribution >= 0.6 is 0 Å². The Morgan fingerprint density at radius 1 is 1.24 bits per heavy atom. The molecule has 0 atom stereocenters. The zero-order chi connectivity index (χ0) is 13.0. The molecule has 1 rings (SSSR count). The molecule has 0 saturated carbocycles. The molecular weight excluding hydrogens is 215 g/mol. The highest BCUT2D eigenvalue weighted by atomic mass is 16.2. The maximum Gasteiger partial charge on any atom is 0.313 e. The lowest BCUT2D eigenvalue weighted by molar-refractivity contribution is -0.135. The molecule has 17 heavy (non-hydrogen) atoms. The Bertz CT molecular complexity index is 444. The molecule has 0 fully saturated rings. The number of hydrogen-bond donors (Lipinski definition) is 2. The highest BCUT2D eigenvalue weighted by Crippen LogP contribution is 2.15. The van der Waals surface area contributed by atoms with Gasteiger partial charge in [-0.25, -0.2) is 0 Å². The molecule has 0 bridgehead atoms. The maximum atomic E-state index is 11.4. The number of hydrogen-bond acceptors (Lipinski definition) is 2. The summed E-state index contributed by atoms with van der Waals surface area (Å²) in [4.78, 5) is 22.5. The average molecular weight is 232 g/mol. The van der Waals surface area contributed by atoms with Crippen molar-refractivity contribution >= 4 is 30.8 Å². The molecule has 0 aromatic heterocycles. The number of carbonyl (C=O) groups is 2. The lowest BCUT2D eigenvalue weighted by Crippen LogP contribution is -2.34. The van der Waals surface area contributed by atoms with E-state index in [1.807, 2.05) is 26.0 Å². The Balaban J connectivity index is 2.86. The third kappa shape index (κ3) is 3.34. The Labute approximate surface area is 102 Å². The molecule has 0 radical (unpaired) electrons. The third-order valence-electron chi connectivity index (χ3n) is 2.60. The summed E-state index contributed by atoms with van der Waals surface area (Å²) in [7, 11) is 3.34. The highest BCUT2D eigenvalue weighted by Gasteiger charge is 2.12. The van der Waals surface area contributed by atoms with E-state index < -0.39 is 11.8 Å². The summed E-state index contributed by atoms with van der Waals surface area (Å²) in [6.45, 7) is 4.22. The van der Waals surface area contributed by atoms with Crippen LogP contribution in [0.2, 0.25) is 0 Å². The minimum absolute atomic E-state index is 0.442. The SMILES string of the molecule is Bc1cc(C(C)C)ccc1NC(=O)C(=O)NC. The highest BCUT2D eigenvalue weighted by molar-refractivity contribution is 6.42. The predicted molar refractivity (Wildman–Crippen MR) is 71.4 cm³/mol. The van der Waals surface area contributed by atoms with Crippen molar-refractivity contribution in [3.8, 4) is 0 Å². The van der Waals surface area contributed by atoms with Gasteiger partial charge in [0.1, 0.15) is 7.85 Å². The maximum absolute atomic E-state index is 11.4. The molecule has 0 aliphatic carbocycles. The summed E-state index contributed by atoms with van der Waals surface area (Å²) in [6.07, 6.45) is 0. The molecule has 4 nitrogen and oxygen atoms in total. The first-order valence-electron chi connectivity index (χ1n) is 5.59. The van der Waals surface area contributed by atoms with E-state index in [2.05, 4.69) is 24.5 Å². The Morgan fingerprint density at radius 2 is 1.88 bits per heavy atom. The van der Waals surface area contributed by atoms with Gasteiger partial charge in [-0.1, -0.05) is 31.4 Å². The van der Waals surface area contributed by atoms with E-state index in [0.29, 0.717) is 11.6 Å². The smallest absolute Gasteiger partial charge is 0.313 e. The molecule has 0 aliphatic rings. The molecule has 2 N–H and O–H groups in total. The first-order valence-corrected chi connectivity index (χ1v) is 5.59. The topological polar surface area (TPSA) is 58.2 Å². The van der Waals surface area contributed by atoms with Crippen LogP contribution in [0, 0.1) is 0 Å². The van der Waals surface area contributed by atoms with Crippen LogP contribution in [0.4, 0.5) is 5.69 Å². The molecule has 2 amide bonds. The zero-order valence-corrected chi connectivity index (χ0v) is 10.6. The van der Waals surface area contributed by atoms with Gasteiger partial charge in [0, 0.05) is 12.7 Å². The number of rotatable bonds is 2. The lowest BCUT2D eigenvalue weighted by atomic mass is 9.89.